The summed E-state index contributed by atoms with van der Waals surface area (Å²) in [5.74, 6) is 0.00203. The predicted molar refractivity (Wildman–Crippen MR) is 115 cm³/mol. The van der Waals surface area contributed by atoms with Gasteiger partial charge < -0.3 is 9.32 Å². The van der Waals surface area contributed by atoms with E-state index in [2.05, 4.69) is 10.2 Å². The first kappa shape index (κ1) is 21.8. The molecule has 2 aromatic carbocycles. The van der Waals surface area contributed by atoms with E-state index in [0.29, 0.717) is 23.6 Å². The van der Waals surface area contributed by atoms with E-state index < -0.39 is 10.8 Å². The third kappa shape index (κ3) is 4.80. The highest BCUT2D eigenvalue weighted by molar-refractivity contribution is 7.98. The second-order valence-corrected chi connectivity index (χ2v) is 7.63. The number of carbonyl (C=O) groups excluding carboxylic acids is 1. The summed E-state index contributed by atoms with van der Waals surface area (Å²) in [6.07, 6.45) is 2.50. The Labute approximate surface area is 182 Å². The van der Waals surface area contributed by atoms with Crippen molar-refractivity contribution in [2.45, 2.75) is 24.8 Å². The highest BCUT2D eigenvalue weighted by atomic mass is 35.5. The zero-order chi connectivity index (χ0) is 21.7. The zero-order valence-corrected chi connectivity index (χ0v) is 17.9. The number of rotatable bonds is 8. The third-order valence-electron chi connectivity index (χ3n) is 4.31. The Kier molecular flexibility index (Phi) is 7.07. The van der Waals surface area contributed by atoms with Crippen molar-refractivity contribution in [3.63, 3.8) is 0 Å². The van der Waals surface area contributed by atoms with Gasteiger partial charge in [-0.15, -0.1) is 22.0 Å². The fourth-order valence-electron chi connectivity index (χ4n) is 2.89. The smallest absolute Gasteiger partial charge is 0.282 e. The minimum atomic E-state index is -0.552. The topological polar surface area (TPSA) is 102 Å². The highest BCUT2D eigenvalue weighted by Gasteiger charge is 2.26. The van der Waals surface area contributed by atoms with E-state index in [1.807, 2.05) is 13.2 Å². The summed E-state index contributed by atoms with van der Waals surface area (Å²) >= 11 is 7.58. The average Bonchev–Trinajstić information content (AvgIpc) is 3.21. The molecule has 1 amide bonds. The van der Waals surface area contributed by atoms with Crippen LogP contribution in [0.5, 0.6) is 0 Å². The summed E-state index contributed by atoms with van der Waals surface area (Å²) in [6, 6.07) is 11.6. The molecule has 0 fully saturated rings. The summed E-state index contributed by atoms with van der Waals surface area (Å²) < 4.78 is 5.70. The molecule has 1 aromatic heterocycles. The van der Waals surface area contributed by atoms with Crippen LogP contribution in [0.25, 0.3) is 11.5 Å². The molecular weight excluding hydrogens is 428 g/mol. The molecule has 0 saturated heterocycles. The number of thioether (sulfide) groups is 1. The molecule has 0 saturated carbocycles. The summed E-state index contributed by atoms with van der Waals surface area (Å²) in [4.78, 5) is 26.3. The summed E-state index contributed by atoms with van der Waals surface area (Å²) in [7, 11) is 0. The molecule has 8 nitrogen and oxygen atoms in total. The Bertz CT molecular complexity index is 1070. The number of carbonyl (C=O) groups is 1. The van der Waals surface area contributed by atoms with Crippen LogP contribution in [0.15, 0.2) is 51.8 Å². The van der Waals surface area contributed by atoms with Crippen LogP contribution in [0, 0.1) is 10.1 Å². The number of aromatic nitrogens is 2. The number of hydrogen-bond donors (Lipinski definition) is 0. The molecule has 3 aromatic rings. The second kappa shape index (κ2) is 9.73. The van der Waals surface area contributed by atoms with Gasteiger partial charge in [-0.3, -0.25) is 14.9 Å². The van der Waals surface area contributed by atoms with Crippen LogP contribution in [0.1, 0.15) is 29.6 Å². The minimum absolute atomic E-state index is 0.0325. The van der Waals surface area contributed by atoms with Gasteiger partial charge >= 0.3 is 0 Å². The van der Waals surface area contributed by atoms with Gasteiger partial charge in [0.25, 0.3) is 11.6 Å². The van der Waals surface area contributed by atoms with Gasteiger partial charge in [-0.05, 0) is 36.9 Å². The van der Waals surface area contributed by atoms with E-state index in [-0.39, 0.29) is 29.6 Å². The van der Waals surface area contributed by atoms with Gasteiger partial charge in [0.2, 0.25) is 11.8 Å². The first-order valence-electron chi connectivity index (χ1n) is 9.13. The SMILES string of the molecule is CCCN(Cc1nnc(-c2ccccc2Cl)o1)C(=O)c1cc(SC)ccc1[N+](=O)[O-]. The van der Waals surface area contributed by atoms with Crippen molar-refractivity contribution in [3.05, 3.63) is 69.1 Å². The summed E-state index contributed by atoms with van der Waals surface area (Å²) in [5.41, 5.74) is 0.391. The lowest BCUT2D eigenvalue weighted by Gasteiger charge is -2.20. The molecular formula is C20H19ClN4O4S. The molecule has 1 heterocycles. The lowest BCUT2D eigenvalue weighted by Crippen LogP contribution is -2.32. The molecule has 3 rings (SSSR count). The number of benzene rings is 2. The minimum Gasteiger partial charge on any atom is -0.419 e. The number of amides is 1. The molecule has 0 aliphatic rings. The maximum absolute atomic E-state index is 13.2. The van der Waals surface area contributed by atoms with E-state index in [1.165, 1.54) is 28.8 Å². The fraction of sp³-hybridized carbons (Fsp3) is 0.250. The van der Waals surface area contributed by atoms with E-state index >= 15 is 0 Å². The third-order valence-corrected chi connectivity index (χ3v) is 5.36. The van der Waals surface area contributed by atoms with Gasteiger partial charge in [0, 0.05) is 17.5 Å². The van der Waals surface area contributed by atoms with E-state index in [0.717, 1.165) is 4.90 Å². The van der Waals surface area contributed by atoms with Crippen molar-refractivity contribution in [2.75, 3.05) is 12.8 Å². The Balaban J connectivity index is 1.89. The molecule has 30 heavy (non-hydrogen) atoms. The van der Waals surface area contributed by atoms with Gasteiger partial charge in [-0.25, -0.2) is 0 Å². The van der Waals surface area contributed by atoms with Crippen molar-refractivity contribution < 1.29 is 14.1 Å². The normalized spacial score (nSPS) is 10.8. The molecule has 0 bridgehead atoms. The van der Waals surface area contributed by atoms with Crippen LogP contribution in [-0.2, 0) is 6.54 Å². The first-order chi connectivity index (χ1) is 14.4. The molecule has 10 heteroatoms. The molecule has 0 aliphatic heterocycles. The zero-order valence-electron chi connectivity index (χ0n) is 16.4. The maximum atomic E-state index is 13.2. The molecule has 0 N–H and O–H groups in total. The Morgan fingerprint density at radius 1 is 1.27 bits per heavy atom. The summed E-state index contributed by atoms with van der Waals surface area (Å²) in [5, 5.41) is 19.9. The van der Waals surface area contributed by atoms with E-state index in [9.17, 15) is 14.9 Å². The number of halogens is 1. The van der Waals surface area contributed by atoms with Gasteiger partial charge in [-0.1, -0.05) is 30.7 Å². The maximum Gasteiger partial charge on any atom is 0.282 e. The van der Waals surface area contributed by atoms with Gasteiger partial charge in [0.15, 0.2) is 0 Å². The predicted octanol–water partition coefficient (Wildman–Crippen LogP) is 5.07. The largest absolute Gasteiger partial charge is 0.419 e. The molecule has 156 valence electrons. The molecule has 0 atom stereocenters. The van der Waals surface area contributed by atoms with E-state index in [4.69, 9.17) is 16.0 Å². The van der Waals surface area contributed by atoms with Crippen molar-refractivity contribution in [2.24, 2.45) is 0 Å². The van der Waals surface area contributed by atoms with Gasteiger partial charge in [-0.2, -0.15) is 0 Å². The monoisotopic (exact) mass is 446 g/mol. The van der Waals surface area contributed by atoms with Crippen LogP contribution in [0.2, 0.25) is 5.02 Å². The molecule has 0 aliphatic carbocycles. The highest BCUT2D eigenvalue weighted by Crippen LogP contribution is 2.28. The quantitative estimate of drug-likeness (QED) is 0.270. The van der Waals surface area contributed by atoms with Gasteiger partial charge in [0.1, 0.15) is 5.56 Å². The standard InChI is InChI=1S/C20H19ClN4O4S/c1-3-10-24(20(26)15-11-13(30-2)8-9-17(15)25(27)28)12-18-22-23-19(29-18)14-6-4-5-7-16(14)21/h4-9,11H,3,10,12H2,1-2H3. The number of nitro benzene ring substituents is 1. The number of hydrogen-bond acceptors (Lipinski definition) is 7. The van der Waals surface area contributed by atoms with Crippen LogP contribution >= 0.6 is 23.4 Å². The van der Waals surface area contributed by atoms with Crippen LogP contribution < -0.4 is 0 Å². The second-order valence-electron chi connectivity index (χ2n) is 6.35. The van der Waals surface area contributed by atoms with Crippen LogP contribution in [0.4, 0.5) is 5.69 Å². The van der Waals surface area contributed by atoms with Crippen molar-refractivity contribution in [1.82, 2.24) is 15.1 Å². The molecule has 0 unspecified atom stereocenters. The van der Waals surface area contributed by atoms with Crippen LogP contribution in [-0.4, -0.2) is 38.7 Å². The number of nitro groups is 1. The lowest BCUT2D eigenvalue weighted by molar-refractivity contribution is -0.385. The lowest BCUT2D eigenvalue weighted by atomic mass is 10.1. The Hall–Kier alpha value is -2.91. The fourth-order valence-corrected chi connectivity index (χ4v) is 3.55. The van der Waals surface area contributed by atoms with Crippen LogP contribution in [0.3, 0.4) is 0 Å². The number of nitrogens with zero attached hydrogens (tertiary/aromatic N) is 4. The Morgan fingerprint density at radius 2 is 2.03 bits per heavy atom. The van der Waals surface area contributed by atoms with Crippen molar-refractivity contribution >= 4 is 35.0 Å². The summed E-state index contributed by atoms with van der Waals surface area (Å²) in [6.45, 7) is 2.32. The van der Waals surface area contributed by atoms with Crippen molar-refractivity contribution in [3.8, 4) is 11.5 Å². The first-order valence-corrected chi connectivity index (χ1v) is 10.7. The molecule has 0 radical (unpaired) electrons. The van der Waals surface area contributed by atoms with Crippen molar-refractivity contribution in [1.29, 1.82) is 0 Å². The van der Waals surface area contributed by atoms with E-state index in [1.54, 1.807) is 30.3 Å². The van der Waals surface area contributed by atoms with Gasteiger partial charge in [0.05, 0.1) is 22.1 Å². The molecule has 0 spiro atoms. The average molecular weight is 447 g/mol. The Morgan fingerprint density at radius 3 is 2.70 bits per heavy atom.